The summed E-state index contributed by atoms with van der Waals surface area (Å²) in [6.45, 7) is 0. The van der Waals surface area contributed by atoms with Crippen molar-refractivity contribution in [1.82, 2.24) is 4.98 Å². The molecule has 2 saturated heterocycles. The van der Waals surface area contributed by atoms with E-state index in [9.17, 15) is 14.4 Å². The summed E-state index contributed by atoms with van der Waals surface area (Å²) in [6, 6.07) is 8.32. The van der Waals surface area contributed by atoms with Crippen molar-refractivity contribution in [2.45, 2.75) is 18.6 Å². The molecule has 4 aliphatic carbocycles. The molecule has 0 radical (unpaired) electrons. The zero-order valence-corrected chi connectivity index (χ0v) is 19.0. The van der Waals surface area contributed by atoms with E-state index >= 15 is 0 Å². The van der Waals surface area contributed by atoms with Crippen LogP contribution in [-0.4, -0.2) is 35.8 Å². The number of Topliss-reactive ketones (excluding diaryl/α,β-unsaturated/α-hetero) is 1. The third-order valence-corrected chi connectivity index (χ3v) is 8.47. The maximum atomic E-state index is 13.2. The number of pyridine rings is 1. The summed E-state index contributed by atoms with van der Waals surface area (Å²) in [6.07, 6.45) is 5.98. The maximum absolute atomic E-state index is 13.2. The number of ether oxygens (including phenoxy) is 2. The van der Waals surface area contributed by atoms with E-state index in [1.54, 1.807) is 36.5 Å². The molecule has 7 nitrogen and oxygen atoms in total. The Morgan fingerprint density at radius 2 is 1.79 bits per heavy atom. The van der Waals surface area contributed by atoms with E-state index in [1.165, 1.54) is 12.0 Å². The lowest BCUT2D eigenvalue weighted by molar-refractivity contribution is -0.124. The van der Waals surface area contributed by atoms with Crippen LogP contribution in [0, 0.1) is 35.5 Å². The topological polar surface area (TPSA) is 89.1 Å². The number of carbonyl (C=O) groups excluding carboxylic acids is 3. The molecule has 2 bridgehead atoms. The van der Waals surface area contributed by atoms with Crippen molar-refractivity contribution in [1.29, 1.82) is 0 Å². The Bertz CT molecular complexity index is 1250. The van der Waals surface area contributed by atoms with Gasteiger partial charge in [0.25, 0.3) is 0 Å². The molecule has 4 fully saturated rings. The van der Waals surface area contributed by atoms with Crippen molar-refractivity contribution in [3.05, 3.63) is 64.8 Å². The van der Waals surface area contributed by atoms with Gasteiger partial charge in [-0.25, -0.2) is 9.88 Å². The van der Waals surface area contributed by atoms with Crippen LogP contribution in [0.15, 0.2) is 48.7 Å². The number of epoxide rings is 1. The number of carbonyl (C=O) groups is 3. The van der Waals surface area contributed by atoms with Crippen LogP contribution in [-0.2, 0) is 14.3 Å². The smallest absolute Gasteiger partial charge is 0.239 e. The van der Waals surface area contributed by atoms with Crippen LogP contribution < -0.4 is 9.64 Å². The lowest BCUT2D eigenvalue weighted by Crippen LogP contribution is -2.40. The number of amides is 2. The van der Waals surface area contributed by atoms with E-state index in [0.717, 1.165) is 12.0 Å². The molecule has 0 N–H and O–H groups in total. The molecule has 34 heavy (non-hydrogen) atoms. The molecule has 2 amide bonds. The van der Waals surface area contributed by atoms with Gasteiger partial charge in [-0.15, -0.1) is 0 Å². The number of ketones is 1. The molecule has 6 aliphatic rings. The average molecular weight is 477 g/mol. The van der Waals surface area contributed by atoms with Gasteiger partial charge in [0.05, 0.1) is 24.0 Å². The van der Waals surface area contributed by atoms with E-state index in [4.69, 9.17) is 21.1 Å². The van der Waals surface area contributed by atoms with Crippen LogP contribution in [0.25, 0.3) is 0 Å². The standard InChI is InChI=1S/C26H21ClN2O5/c1-33-18-6-2-11(8-17(18)27)22(30)24-23(34-24)12-3-7-19(28-10-12)29-25(31)20-13-4-5-14(16-9-15(13)16)21(20)26(29)32/h2-8,10,13-16,20-21,23-24H,9H2,1H3. The number of nitrogens with zero attached hydrogens (tertiary/aromatic N) is 2. The van der Waals surface area contributed by atoms with E-state index in [0.29, 0.717) is 34.0 Å². The molecule has 8 unspecified atom stereocenters. The first-order chi connectivity index (χ1) is 16.5. The molecule has 8 heteroatoms. The van der Waals surface area contributed by atoms with Gasteiger partial charge in [-0.05, 0) is 54.4 Å². The number of allylic oxidation sites excluding steroid dienone is 2. The number of hydrogen-bond acceptors (Lipinski definition) is 6. The normalized spacial score (nSPS) is 36.4. The summed E-state index contributed by atoms with van der Waals surface area (Å²) in [4.78, 5) is 45.0. The summed E-state index contributed by atoms with van der Waals surface area (Å²) in [7, 11) is 1.51. The molecule has 172 valence electrons. The summed E-state index contributed by atoms with van der Waals surface area (Å²) in [5.74, 6) is 1.38. The molecule has 3 heterocycles. The molecule has 1 aromatic carbocycles. The Balaban J connectivity index is 1.08. The SMILES string of the molecule is COc1ccc(C(=O)C2OC2c2ccc(N3C(=O)C4C5C=CC(C6CC56)C4C3=O)nc2)cc1Cl. The van der Waals surface area contributed by atoms with Crippen LogP contribution in [0.2, 0.25) is 5.02 Å². The fourth-order valence-corrected chi connectivity index (χ4v) is 6.69. The van der Waals surface area contributed by atoms with E-state index in [2.05, 4.69) is 17.1 Å². The van der Waals surface area contributed by atoms with Crippen LogP contribution in [0.3, 0.4) is 0 Å². The van der Waals surface area contributed by atoms with E-state index in [-0.39, 0.29) is 41.3 Å². The Morgan fingerprint density at radius 3 is 2.38 bits per heavy atom. The van der Waals surface area contributed by atoms with Crippen molar-refractivity contribution in [3.63, 3.8) is 0 Å². The van der Waals surface area contributed by atoms with Crippen LogP contribution in [0.5, 0.6) is 5.75 Å². The minimum atomic E-state index is -0.622. The monoisotopic (exact) mass is 476 g/mol. The lowest BCUT2D eigenvalue weighted by Gasteiger charge is -2.37. The number of hydrogen-bond donors (Lipinski definition) is 0. The predicted octanol–water partition coefficient (Wildman–Crippen LogP) is 3.62. The highest BCUT2D eigenvalue weighted by Gasteiger charge is 2.67. The van der Waals surface area contributed by atoms with Gasteiger partial charge in [-0.3, -0.25) is 14.4 Å². The summed E-state index contributed by atoms with van der Waals surface area (Å²) in [5, 5.41) is 0.359. The van der Waals surface area contributed by atoms with Gasteiger partial charge in [0, 0.05) is 17.3 Å². The molecule has 2 saturated carbocycles. The van der Waals surface area contributed by atoms with Gasteiger partial charge >= 0.3 is 0 Å². The van der Waals surface area contributed by atoms with Gasteiger partial charge in [0.2, 0.25) is 11.8 Å². The highest BCUT2D eigenvalue weighted by atomic mass is 35.5. The number of rotatable bonds is 5. The number of benzene rings is 1. The summed E-state index contributed by atoms with van der Waals surface area (Å²) in [5.41, 5.74) is 1.17. The van der Waals surface area contributed by atoms with Crippen molar-refractivity contribution < 1.29 is 23.9 Å². The van der Waals surface area contributed by atoms with Crippen molar-refractivity contribution >= 4 is 35.0 Å². The van der Waals surface area contributed by atoms with Gasteiger partial charge in [0.15, 0.2) is 11.9 Å². The third-order valence-electron chi connectivity index (χ3n) is 8.18. The Kier molecular flexibility index (Phi) is 4.19. The highest BCUT2D eigenvalue weighted by molar-refractivity contribution is 6.32. The van der Waals surface area contributed by atoms with Gasteiger partial charge in [-0.2, -0.15) is 0 Å². The highest BCUT2D eigenvalue weighted by Crippen LogP contribution is 2.65. The van der Waals surface area contributed by atoms with Crippen molar-refractivity contribution in [2.24, 2.45) is 35.5 Å². The fraction of sp³-hybridized carbons (Fsp3) is 0.385. The second kappa shape index (κ2) is 6.99. The molecule has 8 rings (SSSR count). The number of aromatic nitrogens is 1. The Morgan fingerprint density at radius 1 is 1.09 bits per heavy atom. The largest absolute Gasteiger partial charge is 0.495 e. The number of methoxy groups -OCH3 is 1. The molecular weight excluding hydrogens is 456 g/mol. The maximum Gasteiger partial charge on any atom is 0.239 e. The molecular formula is C26H21ClN2O5. The molecule has 2 aromatic rings. The average Bonchev–Trinajstić information content (AvgIpc) is 3.77. The van der Waals surface area contributed by atoms with E-state index < -0.39 is 12.2 Å². The van der Waals surface area contributed by atoms with Crippen molar-refractivity contribution in [3.8, 4) is 5.75 Å². The second-order valence-corrected chi connectivity index (χ2v) is 10.2. The Hall–Kier alpha value is -3.03. The van der Waals surface area contributed by atoms with Gasteiger partial charge in [-0.1, -0.05) is 29.8 Å². The van der Waals surface area contributed by atoms with Crippen LogP contribution in [0.4, 0.5) is 5.82 Å². The molecule has 0 spiro atoms. The minimum Gasteiger partial charge on any atom is -0.495 e. The first-order valence-corrected chi connectivity index (χ1v) is 11.9. The quantitative estimate of drug-likeness (QED) is 0.283. The van der Waals surface area contributed by atoms with E-state index in [1.807, 2.05) is 0 Å². The molecule has 2 aliphatic heterocycles. The number of halogens is 1. The fourth-order valence-electron chi connectivity index (χ4n) is 6.43. The second-order valence-electron chi connectivity index (χ2n) is 9.81. The summed E-state index contributed by atoms with van der Waals surface area (Å²) >= 11 is 6.14. The Labute approximate surface area is 200 Å². The zero-order chi connectivity index (χ0) is 23.3. The van der Waals surface area contributed by atoms with Crippen LogP contribution >= 0.6 is 11.6 Å². The summed E-state index contributed by atoms with van der Waals surface area (Å²) < 4.78 is 10.8. The zero-order valence-electron chi connectivity index (χ0n) is 18.3. The lowest BCUT2D eigenvalue weighted by atomic mass is 9.63. The van der Waals surface area contributed by atoms with Gasteiger partial charge < -0.3 is 9.47 Å². The third kappa shape index (κ3) is 2.74. The number of imide groups is 1. The first-order valence-electron chi connectivity index (χ1n) is 11.5. The van der Waals surface area contributed by atoms with Crippen molar-refractivity contribution in [2.75, 3.05) is 12.0 Å². The first kappa shape index (κ1) is 20.4. The van der Waals surface area contributed by atoms with Crippen LogP contribution in [0.1, 0.15) is 28.4 Å². The number of anilines is 1. The van der Waals surface area contributed by atoms with Gasteiger partial charge in [0.1, 0.15) is 17.7 Å². The molecule has 1 aromatic heterocycles. The minimum absolute atomic E-state index is 0.132. The molecule has 8 atom stereocenters. The predicted molar refractivity (Wildman–Crippen MR) is 121 cm³/mol.